The van der Waals surface area contributed by atoms with E-state index < -0.39 is 0 Å². The Labute approximate surface area is 122 Å². The maximum absolute atomic E-state index is 4.18. The zero-order valence-corrected chi connectivity index (χ0v) is 13.0. The highest BCUT2D eigenvalue weighted by molar-refractivity contribution is 9.10. The molecule has 0 unspecified atom stereocenters. The van der Waals surface area contributed by atoms with Gasteiger partial charge in [-0.05, 0) is 30.2 Å². The van der Waals surface area contributed by atoms with Crippen molar-refractivity contribution in [1.82, 2.24) is 4.98 Å². The van der Waals surface area contributed by atoms with Crippen molar-refractivity contribution in [3.8, 4) is 0 Å². The molecule has 0 saturated carbocycles. The predicted molar refractivity (Wildman–Crippen MR) is 84.8 cm³/mol. The van der Waals surface area contributed by atoms with E-state index >= 15 is 0 Å². The second-order valence-electron chi connectivity index (χ2n) is 4.72. The summed E-state index contributed by atoms with van der Waals surface area (Å²) in [4.78, 5) is 6.26. The standard InChI is InChI=1S/C15H18BrN3/c1-11-8-12(4-5-13(11)16)9-18-14-10-17-7-6-15(14)19(2)3/h4-8,10,18H,9H2,1-3H3. The van der Waals surface area contributed by atoms with Gasteiger partial charge >= 0.3 is 0 Å². The van der Waals surface area contributed by atoms with Crippen LogP contribution in [-0.2, 0) is 6.54 Å². The van der Waals surface area contributed by atoms with Gasteiger partial charge in [0.05, 0.1) is 17.6 Å². The van der Waals surface area contributed by atoms with E-state index in [-0.39, 0.29) is 0 Å². The van der Waals surface area contributed by atoms with E-state index in [2.05, 4.69) is 56.3 Å². The summed E-state index contributed by atoms with van der Waals surface area (Å²) < 4.78 is 1.15. The molecule has 19 heavy (non-hydrogen) atoms. The van der Waals surface area contributed by atoms with E-state index in [1.165, 1.54) is 11.1 Å². The number of halogens is 1. The number of nitrogens with zero attached hydrogens (tertiary/aromatic N) is 2. The number of hydrogen-bond acceptors (Lipinski definition) is 3. The Morgan fingerprint density at radius 2 is 2.05 bits per heavy atom. The second-order valence-corrected chi connectivity index (χ2v) is 5.58. The highest BCUT2D eigenvalue weighted by atomic mass is 79.9. The minimum absolute atomic E-state index is 0.792. The topological polar surface area (TPSA) is 28.2 Å². The lowest BCUT2D eigenvalue weighted by Gasteiger charge is -2.18. The SMILES string of the molecule is Cc1cc(CNc2cnccc2N(C)C)ccc1Br. The van der Waals surface area contributed by atoms with Crippen molar-refractivity contribution in [3.05, 3.63) is 52.3 Å². The van der Waals surface area contributed by atoms with Crippen molar-refractivity contribution >= 4 is 27.3 Å². The number of hydrogen-bond donors (Lipinski definition) is 1. The van der Waals surface area contributed by atoms with Crippen molar-refractivity contribution in [2.24, 2.45) is 0 Å². The molecule has 0 spiro atoms. The second kappa shape index (κ2) is 6.06. The molecule has 100 valence electrons. The highest BCUT2D eigenvalue weighted by Crippen LogP contribution is 2.23. The van der Waals surface area contributed by atoms with Crippen LogP contribution in [0.2, 0.25) is 0 Å². The summed E-state index contributed by atoms with van der Waals surface area (Å²) in [6, 6.07) is 8.40. The fraction of sp³-hybridized carbons (Fsp3) is 0.267. The number of nitrogens with one attached hydrogen (secondary N) is 1. The van der Waals surface area contributed by atoms with E-state index in [0.717, 1.165) is 22.4 Å². The summed E-state index contributed by atoms with van der Waals surface area (Å²) in [5.41, 5.74) is 4.70. The van der Waals surface area contributed by atoms with Crippen LogP contribution in [0.4, 0.5) is 11.4 Å². The summed E-state index contributed by atoms with van der Waals surface area (Å²) >= 11 is 3.52. The molecule has 0 radical (unpaired) electrons. The summed E-state index contributed by atoms with van der Waals surface area (Å²) in [7, 11) is 4.06. The Kier molecular flexibility index (Phi) is 4.43. The average molecular weight is 320 g/mol. The van der Waals surface area contributed by atoms with Gasteiger partial charge in [0.2, 0.25) is 0 Å². The number of pyridine rings is 1. The largest absolute Gasteiger partial charge is 0.378 e. The molecule has 0 bridgehead atoms. The monoisotopic (exact) mass is 319 g/mol. The van der Waals surface area contributed by atoms with Gasteiger partial charge in [-0.15, -0.1) is 0 Å². The maximum Gasteiger partial charge on any atom is 0.0766 e. The van der Waals surface area contributed by atoms with Crippen LogP contribution in [-0.4, -0.2) is 19.1 Å². The first-order valence-electron chi connectivity index (χ1n) is 6.18. The molecule has 2 rings (SSSR count). The minimum atomic E-state index is 0.792. The van der Waals surface area contributed by atoms with Gasteiger partial charge in [0.15, 0.2) is 0 Å². The molecule has 0 amide bonds. The highest BCUT2D eigenvalue weighted by Gasteiger charge is 2.04. The van der Waals surface area contributed by atoms with Crippen LogP contribution in [0.15, 0.2) is 41.1 Å². The van der Waals surface area contributed by atoms with E-state index in [9.17, 15) is 0 Å². The van der Waals surface area contributed by atoms with Crippen molar-refractivity contribution in [3.63, 3.8) is 0 Å². The molecule has 0 saturated heterocycles. The Balaban J connectivity index is 2.12. The summed E-state index contributed by atoms with van der Waals surface area (Å²) in [5.74, 6) is 0. The fourth-order valence-corrected chi connectivity index (χ4v) is 2.17. The third-order valence-corrected chi connectivity index (χ3v) is 3.87. The number of benzene rings is 1. The molecule has 1 aromatic heterocycles. The van der Waals surface area contributed by atoms with Gasteiger partial charge in [-0.25, -0.2) is 0 Å². The zero-order chi connectivity index (χ0) is 13.8. The summed E-state index contributed by atoms with van der Waals surface area (Å²) in [5, 5.41) is 3.44. The predicted octanol–water partition coefficient (Wildman–Crippen LogP) is 3.83. The van der Waals surface area contributed by atoms with Crippen LogP contribution < -0.4 is 10.2 Å². The smallest absolute Gasteiger partial charge is 0.0766 e. The van der Waals surface area contributed by atoms with Gasteiger partial charge in [-0.1, -0.05) is 28.1 Å². The Bertz CT molecular complexity index is 567. The molecule has 1 aromatic carbocycles. The van der Waals surface area contributed by atoms with Gasteiger partial charge in [-0.2, -0.15) is 0 Å². The van der Waals surface area contributed by atoms with E-state index in [1.807, 2.05) is 32.6 Å². The van der Waals surface area contributed by atoms with Crippen molar-refractivity contribution in [1.29, 1.82) is 0 Å². The molecule has 0 aliphatic carbocycles. The lowest BCUT2D eigenvalue weighted by atomic mass is 10.1. The molecule has 0 aliphatic rings. The van der Waals surface area contributed by atoms with Gasteiger partial charge in [0.1, 0.15) is 0 Å². The van der Waals surface area contributed by atoms with Gasteiger partial charge in [0.25, 0.3) is 0 Å². The molecule has 3 nitrogen and oxygen atoms in total. The number of aryl methyl sites for hydroxylation is 1. The Morgan fingerprint density at radius 3 is 2.74 bits per heavy atom. The minimum Gasteiger partial charge on any atom is -0.378 e. The average Bonchev–Trinajstić information content (AvgIpc) is 2.40. The summed E-state index contributed by atoms with van der Waals surface area (Å²) in [6.07, 6.45) is 3.67. The number of rotatable bonds is 4. The first-order valence-corrected chi connectivity index (χ1v) is 6.97. The quantitative estimate of drug-likeness (QED) is 0.928. The molecular weight excluding hydrogens is 302 g/mol. The zero-order valence-electron chi connectivity index (χ0n) is 11.4. The van der Waals surface area contributed by atoms with Gasteiger partial charge < -0.3 is 10.2 Å². The van der Waals surface area contributed by atoms with Crippen LogP contribution in [0.1, 0.15) is 11.1 Å². The van der Waals surface area contributed by atoms with Crippen molar-refractivity contribution in [2.75, 3.05) is 24.3 Å². The molecule has 0 aliphatic heterocycles. The molecule has 1 heterocycles. The Morgan fingerprint density at radius 1 is 1.26 bits per heavy atom. The van der Waals surface area contributed by atoms with Gasteiger partial charge in [-0.3, -0.25) is 4.98 Å². The molecule has 0 fully saturated rings. The van der Waals surface area contributed by atoms with E-state index in [4.69, 9.17) is 0 Å². The molecule has 1 N–H and O–H groups in total. The van der Waals surface area contributed by atoms with Crippen LogP contribution in [0, 0.1) is 6.92 Å². The number of aromatic nitrogens is 1. The maximum atomic E-state index is 4.18. The molecular formula is C15H18BrN3. The van der Waals surface area contributed by atoms with Crippen molar-refractivity contribution in [2.45, 2.75) is 13.5 Å². The van der Waals surface area contributed by atoms with E-state index in [1.54, 1.807) is 0 Å². The molecule has 2 aromatic rings. The lowest BCUT2D eigenvalue weighted by molar-refractivity contribution is 1.08. The Hall–Kier alpha value is -1.55. The number of anilines is 2. The summed E-state index contributed by atoms with van der Waals surface area (Å²) in [6.45, 7) is 2.89. The van der Waals surface area contributed by atoms with Gasteiger partial charge in [0, 0.05) is 31.3 Å². The first kappa shape index (κ1) is 13.9. The van der Waals surface area contributed by atoms with E-state index in [0.29, 0.717) is 0 Å². The van der Waals surface area contributed by atoms with Crippen LogP contribution in [0.3, 0.4) is 0 Å². The van der Waals surface area contributed by atoms with Crippen LogP contribution in [0.25, 0.3) is 0 Å². The first-order chi connectivity index (χ1) is 9.08. The lowest BCUT2D eigenvalue weighted by Crippen LogP contribution is -2.12. The van der Waals surface area contributed by atoms with Crippen molar-refractivity contribution < 1.29 is 0 Å². The van der Waals surface area contributed by atoms with Crippen LogP contribution >= 0.6 is 15.9 Å². The molecule has 4 heteroatoms. The third-order valence-electron chi connectivity index (χ3n) is 2.99. The molecule has 0 atom stereocenters. The third kappa shape index (κ3) is 3.47. The fourth-order valence-electron chi connectivity index (χ4n) is 1.93. The van der Waals surface area contributed by atoms with Crippen LogP contribution in [0.5, 0.6) is 0 Å². The normalized spacial score (nSPS) is 10.3.